The van der Waals surface area contributed by atoms with Crippen LogP contribution in [0.1, 0.15) is 5.56 Å². The fourth-order valence-electron chi connectivity index (χ4n) is 5.19. The molecule has 7 aromatic rings. The third kappa shape index (κ3) is 3.18. The smallest absolute Gasteiger partial charge is 0.138 e. The number of para-hydroxylation sites is 1. The lowest BCUT2D eigenvalue weighted by Gasteiger charge is -2.27. The van der Waals surface area contributed by atoms with Crippen LogP contribution in [0.15, 0.2) is 126 Å². The Kier molecular flexibility index (Phi) is 4.40. The van der Waals surface area contributed by atoms with Crippen molar-refractivity contribution in [2.75, 3.05) is 4.90 Å². The number of fused-ring (bicyclic) bond motifs is 6. The number of rotatable bonds is 3. The van der Waals surface area contributed by atoms with Gasteiger partial charge in [0.05, 0.1) is 5.69 Å². The highest BCUT2D eigenvalue weighted by Gasteiger charge is 2.20. The molecular formula is C33H23NO. The molecule has 0 radical (unpaired) electrons. The van der Waals surface area contributed by atoms with Crippen molar-refractivity contribution in [1.82, 2.24) is 0 Å². The summed E-state index contributed by atoms with van der Waals surface area (Å²) >= 11 is 0. The first-order chi connectivity index (χ1) is 17.3. The normalized spacial score (nSPS) is 11.6. The molecule has 0 aliphatic heterocycles. The van der Waals surface area contributed by atoms with Gasteiger partial charge in [-0.2, -0.15) is 0 Å². The first-order valence-electron chi connectivity index (χ1n) is 11.9. The van der Waals surface area contributed by atoms with E-state index in [1.54, 1.807) is 0 Å². The van der Waals surface area contributed by atoms with Gasteiger partial charge < -0.3 is 9.32 Å². The summed E-state index contributed by atoms with van der Waals surface area (Å²) in [5, 5.41) is 7.13. The van der Waals surface area contributed by atoms with Crippen molar-refractivity contribution in [2.24, 2.45) is 0 Å². The lowest BCUT2D eigenvalue weighted by atomic mass is 9.99. The third-order valence-electron chi connectivity index (χ3n) is 6.87. The van der Waals surface area contributed by atoms with Crippen LogP contribution in [0.2, 0.25) is 0 Å². The molecule has 0 amide bonds. The molecule has 0 saturated heterocycles. The second kappa shape index (κ2) is 7.75. The number of benzene rings is 6. The van der Waals surface area contributed by atoms with E-state index in [1.165, 1.54) is 32.5 Å². The predicted molar refractivity (Wildman–Crippen MR) is 148 cm³/mol. The number of hydrogen-bond acceptors (Lipinski definition) is 2. The zero-order chi connectivity index (χ0) is 23.4. The molecule has 2 heteroatoms. The highest BCUT2D eigenvalue weighted by atomic mass is 16.3. The van der Waals surface area contributed by atoms with E-state index in [0.717, 1.165) is 33.6 Å². The first kappa shape index (κ1) is 19.9. The summed E-state index contributed by atoms with van der Waals surface area (Å²) in [4.78, 5) is 2.32. The second-order valence-corrected chi connectivity index (χ2v) is 9.12. The molecule has 0 aliphatic rings. The lowest BCUT2D eigenvalue weighted by molar-refractivity contribution is 0.670. The van der Waals surface area contributed by atoms with Gasteiger partial charge in [-0.05, 0) is 59.5 Å². The van der Waals surface area contributed by atoms with Crippen LogP contribution in [-0.2, 0) is 0 Å². The summed E-state index contributed by atoms with van der Waals surface area (Å²) in [6.07, 6.45) is 0. The monoisotopic (exact) mass is 449 g/mol. The van der Waals surface area contributed by atoms with E-state index in [1.807, 2.05) is 0 Å². The van der Waals surface area contributed by atoms with E-state index < -0.39 is 0 Å². The minimum atomic E-state index is 0.900. The van der Waals surface area contributed by atoms with Crippen molar-refractivity contribution in [3.63, 3.8) is 0 Å². The quantitative estimate of drug-likeness (QED) is 0.267. The van der Waals surface area contributed by atoms with Gasteiger partial charge >= 0.3 is 0 Å². The van der Waals surface area contributed by atoms with Crippen LogP contribution in [-0.4, -0.2) is 0 Å². The topological polar surface area (TPSA) is 16.4 Å². The molecule has 6 aromatic carbocycles. The first-order valence-corrected chi connectivity index (χ1v) is 11.9. The molecule has 0 saturated carbocycles. The van der Waals surface area contributed by atoms with E-state index in [0.29, 0.717) is 0 Å². The average molecular weight is 450 g/mol. The van der Waals surface area contributed by atoms with Crippen LogP contribution in [0.4, 0.5) is 17.1 Å². The lowest BCUT2D eigenvalue weighted by Crippen LogP contribution is -2.10. The Bertz CT molecular complexity index is 1850. The van der Waals surface area contributed by atoms with Crippen molar-refractivity contribution >= 4 is 60.5 Å². The molecule has 35 heavy (non-hydrogen) atoms. The van der Waals surface area contributed by atoms with Gasteiger partial charge in [-0.3, -0.25) is 0 Å². The van der Waals surface area contributed by atoms with Crippen molar-refractivity contribution in [3.05, 3.63) is 127 Å². The predicted octanol–water partition coefficient (Wildman–Crippen LogP) is 9.67. The zero-order valence-corrected chi connectivity index (χ0v) is 19.4. The van der Waals surface area contributed by atoms with Gasteiger partial charge in [-0.25, -0.2) is 0 Å². The number of hydrogen-bond donors (Lipinski definition) is 0. The molecule has 2 nitrogen and oxygen atoms in total. The molecular weight excluding hydrogens is 426 g/mol. The molecule has 0 unspecified atom stereocenters. The van der Waals surface area contributed by atoms with Gasteiger partial charge in [0, 0.05) is 33.6 Å². The van der Waals surface area contributed by atoms with Gasteiger partial charge in [0.25, 0.3) is 0 Å². The molecule has 1 heterocycles. The molecule has 0 spiro atoms. The van der Waals surface area contributed by atoms with Gasteiger partial charge in [0.15, 0.2) is 0 Å². The van der Waals surface area contributed by atoms with Crippen LogP contribution in [0, 0.1) is 6.92 Å². The maximum atomic E-state index is 6.52. The van der Waals surface area contributed by atoms with E-state index in [-0.39, 0.29) is 0 Å². The summed E-state index contributed by atoms with van der Waals surface area (Å²) in [7, 11) is 0. The molecule has 0 N–H and O–H groups in total. The Balaban J connectivity index is 1.59. The van der Waals surface area contributed by atoms with Gasteiger partial charge in [0.1, 0.15) is 11.2 Å². The minimum absolute atomic E-state index is 0.900. The van der Waals surface area contributed by atoms with E-state index in [4.69, 9.17) is 4.42 Å². The maximum Gasteiger partial charge on any atom is 0.138 e. The average Bonchev–Trinajstić information content (AvgIpc) is 3.26. The van der Waals surface area contributed by atoms with Crippen molar-refractivity contribution in [2.45, 2.75) is 6.92 Å². The Morgan fingerprint density at radius 2 is 1.14 bits per heavy atom. The standard InChI is InChI=1S/C33H23NO/c1-22-15-17-26(18-16-22)34(25-11-3-2-4-12-25)30-21-32-33(28-14-8-7-13-27(28)30)29-19-23-9-5-6-10-24(23)20-31(29)35-32/h2-21H,1H3. The fraction of sp³-hybridized carbons (Fsp3) is 0.0303. The SMILES string of the molecule is Cc1ccc(N(c2ccccc2)c2cc3oc4cc5ccccc5cc4c3c3ccccc23)cc1. The Labute approximate surface area is 203 Å². The molecule has 0 atom stereocenters. The third-order valence-corrected chi connectivity index (χ3v) is 6.87. The van der Waals surface area contributed by atoms with Crippen molar-refractivity contribution in [1.29, 1.82) is 0 Å². The Morgan fingerprint density at radius 3 is 1.91 bits per heavy atom. The van der Waals surface area contributed by atoms with Crippen LogP contribution < -0.4 is 4.90 Å². The fourth-order valence-corrected chi connectivity index (χ4v) is 5.19. The second-order valence-electron chi connectivity index (χ2n) is 9.12. The van der Waals surface area contributed by atoms with Gasteiger partial charge in [-0.15, -0.1) is 0 Å². The van der Waals surface area contributed by atoms with Crippen LogP contribution in [0.3, 0.4) is 0 Å². The van der Waals surface area contributed by atoms with Gasteiger partial charge in [-0.1, -0.05) is 84.4 Å². The summed E-state index contributed by atoms with van der Waals surface area (Å²) in [6, 6.07) is 43.0. The minimum Gasteiger partial charge on any atom is -0.456 e. The summed E-state index contributed by atoms with van der Waals surface area (Å²) in [5.41, 5.74) is 6.40. The van der Waals surface area contributed by atoms with Crippen molar-refractivity contribution < 1.29 is 4.42 Å². The molecule has 1 aromatic heterocycles. The highest BCUT2D eigenvalue weighted by molar-refractivity contribution is 6.23. The highest BCUT2D eigenvalue weighted by Crippen LogP contribution is 2.44. The summed E-state index contributed by atoms with van der Waals surface area (Å²) in [5.74, 6) is 0. The largest absolute Gasteiger partial charge is 0.456 e. The molecule has 0 fully saturated rings. The van der Waals surface area contributed by atoms with E-state index >= 15 is 0 Å². The zero-order valence-electron chi connectivity index (χ0n) is 19.4. The summed E-state index contributed by atoms with van der Waals surface area (Å²) in [6.45, 7) is 2.12. The molecule has 7 rings (SSSR count). The van der Waals surface area contributed by atoms with E-state index in [2.05, 4.69) is 133 Å². The van der Waals surface area contributed by atoms with E-state index in [9.17, 15) is 0 Å². The summed E-state index contributed by atoms with van der Waals surface area (Å²) < 4.78 is 6.52. The number of furan rings is 1. The van der Waals surface area contributed by atoms with Crippen LogP contribution in [0.5, 0.6) is 0 Å². The number of anilines is 3. The Hall–Kier alpha value is -4.56. The Morgan fingerprint density at radius 1 is 0.514 bits per heavy atom. The molecule has 0 aliphatic carbocycles. The van der Waals surface area contributed by atoms with Crippen molar-refractivity contribution in [3.8, 4) is 0 Å². The van der Waals surface area contributed by atoms with Crippen LogP contribution in [0.25, 0.3) is 43.5 Å². The van der Waals surface area contributed by atoms with Gasteiger partial charge in [0.2, 0.25) is 0 Å². The van der Waals surface area contributed by atoms with Crippen LogP contribution >= 0.6 is 0 Å². The maximum absolute atomic E-state index is 6.52. The number of aryl methyl sites for hydroxylation is 1. The molecule has 166 valence electrons. The number of nitrogens with zero attached hydrogens (tertiary/aromatic N) is 1. The molecule has 0 bridgehead atoms.